The first kappa shape index (κ1) is 20.1. The molecule has 0 bridgehead atoms. The van der Waals surface area contributed by atoms with Crippen LogP contribution in [-0.2, 0) is 4.79 Å². The summed E-state index contributed by atoms with van der Waals surface area (Å²) in [5, 5.41) is 11.9. The van der Waals surface area contributed by atoms with Gasteiger partial charge < -0.3 is 10.6 Å². The summed E-state index contributed by atoms with van der Waals surface area (Å²) in [7, 11) is 0. The van der Waals surface area contributed by atoms with Crippen LogP contribution in [0.4, 0.5) is 15.8 Å². The summed E-state index contributed by atoms with van der Waals surface area (Å²) in [6.45, 7) is 0. The second kappa shape index (κ2) is 8.35. The third-order valence-electron chi connectivity index (χ3n) is 4.98. The molecular weight excluding hydrogens is 429 g/mol. The lowest BCUT2D eigenvalue weighted by atomic mass is 10.2. The average molecular weight is 447 g/mol. The molecule has 0 radical (unpaired) electrons. The van der Waals surface area contributed by atoms with E-state index >= 15 is 0 Å². The number of halogens is 1. The summed E-state index contributed by atoms with van der Waals surface area (Å²) in [4.78, 5) is 29.9. The van der Waals surface area contributed by atoms with Gasteiger partial charge in [-0.1, -0.05) is 6.07 Å². The smallest absolute Gasteiger partial charge is 0.295 e. The van der Waals surface area contributed by atoms with Gasteiger partial charge in [-0.05, 0) is 72.8 Å². The third kappa shape index (κ3) is 4.28. The highest BCUT2D eigenvalue weighted by Gasteiger charge is 2.29. The normalized spacial score (nSPS) is 13.0. The Morgan fingerprint density at radius 2 is 1.66 bits per heavy atom. The summed E-state index contributed by atoms with van der Waals surface area (Å²) < 4.78 is 14.9. The number of thiophene rings is 1. The molecular formula is C23H18FN5O2S. The summed E-state index contributed by atoms with van der Waals surface area (Å²) in [6, 6.07) is 16.5. The minimum absolute atomic E-state index is 0.0103. The van der Waals surface area contributed by atoms with Gasteiger partial charge in [0.1, 0.15) is 5.82 Å². The van der Waals surface area contributed by atoms with Gasteiger partial charge in [0.25, 0.3) is 5.91 Å². The molecule has 0 saturated heterocycles. The van der Waals surface area contributed by atoms with Crippen molar-refractivity contribution in [2.24, 2.45) is 5.92 Å². The van der Waals surface area contributed by atoms with Crippen LogP contribution in [0.25, 0.3) is 16.4 Å². The zero-order valence-corrected chi connectivity index (χ0v) is 17.6. The first-order chi connectivity index (χ1) is 15.6. The van der Waals surface area contributed by atoms with E-state index in [1.807, 2.05) is 17.5 Å². The van der Waals surface area contributed by atoms with Gasteiger partial charge in [-0.15, -0.1) is 16.4 Å². The van der Waals surface area contributed by atoms with E-state index in [2.05, 4.69) is 20.7 Å². The van der Waals surface area contributed by atoms with Crippen molar-refractivity contribution in [3.63, 3.8) is 0 Å². The Balaban J connectivity index is 1.37. The Hall–Kier alpha value is -3.85. The highest BCUT2D eigenvalue weighted by atomic mass is 32.1. The van der Waals surface area contributed by atoms with Gasteiger partial charge in [-0.25, -0.2) is 14.1 Å². The number of aromatic nitrogens is 3. The van der Waals surface area contributed by atoms with Crippen molar-refractivity contribution >= 4 is 34.5 Å². The molecule has 0 spiro atoms. The second-order valence-corrected chi connectivity index (χ2v) is 8.37. The van der Waals surface area contributed by atoms with E-state index in [-0.39, 0.29) is 23.5 Å². The van der Waals surface area contributed by atoms with Crippen molar-refractivity contribution in [3.8, 4) is 16.4 Å². The summed E-state index contributed by atoms with van der Waals surface area (Å²) in [5.74, 6) is -0.203. The number of carbonyl (C=O) groups is 2. The van der Waals surface area contributed by atoms with Gasteiger partial charge in [0.05, 0.1) is 10.6 Å². The van der Waals surface area contributed by atoms with Gasteiger partial charge >= 0.3 is 0 Å². The second-order valence-electron chi connectivity index (χ2n) is 7.42. The van der Waals surface area contributed by atoms with Gasteiger partial charge in [-0.2, -0.15) is 0 Å². The third-order valence-corrected chi connectivity index (χ3v) is 5.85. The Morgan fingerprint density at radius 3 is 2.28 bits per heavy atom. The Morgan fingerprint density at radius 1 is 0.969 bits per heavy atom. The van der Waals surface area contributed by atoms with Crippen molar-refractivity contribution in [2.45, 2.75) is 12.8 Å². The molecule has 1 fully saturated rings. The number of nitrogens with zero attached hydrogens (tertiary/aromatic N) is 3. The molecule has 0 unspecified atom stereocenters. The molecule has 5 rings (SSSR count). The Bertz CT molecular complexity index is 1260. The van der Waals surface area contributed by atoms with Crippen molar-refractivity contribution < 1.29 is 14.0 Å². The highest BCUT2D eigenvalue weighted by Crippen LogP contribution is 2.30. The molecule has 1 saturated carbocycles. The number of carbonyl (C=O) groups excluding carboxylic acids is 2. The van der Waals surface area contributed by atoms with Gasteiger partial charge in [0, 0.05) is 17.3 Å². The van der Waals surface area contributed by atoms with Crippen LogP contribution in [-0.4, -0.2) is 26.6 Å². The number of amides is 2. The predicted molar refractivity (Wildman–Crippen MR) is 120 cm³/mol. The van der Waals surface area contributed by atoms with Gasteiger partial charge in [0.2, 0.25) is 11.7 Å². The average Bonchev–Trinajstić information content (AvgIpc) is 3.32. The largest absolute Gasteiger partial charge is 0.326 e. The lowest BCUT2D eigenvalue weighted by Gasteiger charge is -2.06. The molecule has 1 aliphatic carbocycles. The van der Waals surface area contributed by atoms with Crippen LogP contribution in [0.5, 0.6) is 0 Å². The molecule has 0 atom stereocenters. The molecule has 4 aromatic rings. The summed E-state index contributed by atoms with van der Waals surface area (Å²) in [5.41, 5.74) is 1.82. The molecule has 2 aromatic heterocycles. The van der Waals surface area contributed by atoms with Gasteiger partial charge in [0.15, 0.2) is 5.82 Å². The van der Waals surface area contributed by atoms with E-state index in [0.29, 0.717) is 22.9 Å². The number of benzene rings is 2. The van der Waals surface area contributed by atoms with Crippen LogP contribution in [0, 0.1) is 11.7 Å². The lowest BCUT2D eigenvalue weighted by Crippen LogP contribution is -2.15. The molecule has 2 N–H and O–H groups in total. The van der Waals surface area contributed by atoms with Crippen LogP contribution in [0.15, 0.2) is 66.0 Å². The van der Waals surface area contributed by atoms with E-state index in [4.69, 9.17) is 0 Å². The standard InChI is InChI=1S/C23H18FN5O2S/c24-15-5-11-18(12-6-15)29-21(19-2-1-13-32-19)27-20(28-29)23(31)26-17-9-7-16(8-10-17)25-22(30)14-3-4-14/h1-2,5-14H,3-4H2,(H,25,30)(H,26,31). The maximum Gasteiger partial charge on any atom is 0.295 e. The number of hydrogen-bond acceptors (Lipinski definition) is 5. The zero-order valence-electron chi connectivity index (χ0n) is 16.8. The molecule has 1 aliphatic rings. The van der Waals surface area contributed by atoms with E-state index in [0.717, 1.165) is 17.7 Å². The Kier molecular flexibility index (Phi) is 5.24. The number of rotatable bonds is 6. The molecule has 2 amide bonds. The minimum atomic E-state index is -0.474. The van der Waals surface area contributed by atoms with Crippen molar-refractivity contribution in [3.05, 3.63) is 77.7 Å². The maximum atomic E-state index is 13.4. The van der Waals surface area contributed by atoms with Crippen LogP contribution >= 0.6 is 11.3 Å². The summed E-state index contributed by atoms with van der Waals surface area (Å²) in [6.07, 6.45) is 1.87. The van der Waals surface area contributed by atoms with Crippen molar-refractivity contribution in [1.29, 1.82) is 0 Å². The lowest BCUT2D eigenvalue weighted by molar-refractivity contribution is -0.117. The fraction of sp³-hybridized carbons (Fsp3) is 0.130. The molecule has 2 aromatic carbocycles. The van der Waals surface area contributed by atoms with E-state index in [9.17, 15) is 14.0 Å². The summed E-state index contributed by atoms with van der Waals surface area (Å²) >= 11 is 1.47. The minimum Gasteiger partial charge on any atom is -0.326 e. The van der Waals surface area contributed by atoms with E-state index in [1.165, 1.54) is 28.2 Å². The SMILES string of the molecule is O=C(Nc1ccc(NC(=O)C2CC2)cc1)c1nc(-c2cccs2)n(-c2ccc(F)cc2)n1. The van der Waals surface area contributed by atoms with E-state index in [1.54, 1.807) is 36.4 Å². The maximum absolute atomic E-state index is 13.4. The van der Waals surface area contributed by atoms with Crippen LogP contribution in [0.2, 0.25) is 0 Å². The first-order valence-electron chi connectivity index (χ1n) is 10.1. The van der Waals surface area contributed by atoms with Crippen LogP contribution in [0.3, 0.4) is 0 Å². The van der Waals surface area contributed by atoms with Crippen LogP contribution in [0.1, 0.15) is 23.5 Å². The molecule has 7 nitrogen and oxygen atoms in total. The van der Waals surface area contributed by atoms with Crippen molar-refractivity contribution in [2.75, 3.05) is 10.6 Å². The number of hydrogen-bond donors (Lipinski definition) is 2. The predicted octanol–water partition coefficient (Wildman–Crippen LogP) is 4.74. The first-order valence-corrected chi connectivity index (χ1v) is 10.9. The fourth-order valence-electron chi connectivity index (χ4n) is 3.15. The number of nitrogens with one attached hydrogen (secondary N) is 2. The molecule has 32 heavy (non-hydrogen) atoms. The van der Waals surface area contributed by atoms with Gasteiger partial charge in [-0.3, -0.25) is 9.59 Å². The van der Waals surface area contributed by atoms with Crippen molar-refractivity contribution in [1.82, 2.24) is 14.8 Å². The monoisotopic (exact) mass is 447 g/mol. The Labute approximate surface area is 186 Å². The highest BCUT2D eigenvalue weighted by molar-refractivity contribution is 7.13. The molecule has 0 aliphatic heterocycles. The fourth-order valence-corrected chi connectivity index (χ4v) is 3.85. The molecule has 9 heteroatoms. The topological polar surface area (TPSA) is 88.9 Å². The van der Waals surface area contributed by atoms with Crippen LogP contribution < -0.4 is 10.6 Å². The zero-order chi connectivity index (χ0) is 22.1. The molecule has 2 heterocycles. The number of anilines is 2. The van der Waals surface area contributed by atoms with E-state index < -0.39 is 5.91 Å². The molecule has 160 valence electrons. The quantitative estimate of drug-likeness (QED) is 0.447.